The second-order valence-electron chi connectivity index (χ2n) is 6.58. The maximum atomic E-state index is 13.2. The number of hydrogen-bond acceptors (Lipinski definition) is 6. The Labute approximate surface area is 146 Å². The van der Waals surface area contributed by atoms with Gasteiger partial charge < -0.3 is 19.6 Å². The van der Waals surface area contributed by atoms with Crippen LogP contribution in [0, 0.1) is 19.8 Å². The average Bonchev–Trinajstić information content (AvgIpc) is 2.84. The van der Waals surface area contributed by atoms with Crippen LogP contribution in [-0.4, -0.2) is 72.0 Å². The molecule has 1 fully saturated rings. The summed E-state index contributed by atoms with van der Waals surface area (Å²) in [7, 11) is 3.58. The number of carbonyl (C=O) groups is 2. The first-order valence-electron chi connectivity index (χ1n) is 8.33. The predicted molar refractivity (Wildman–Crippen MR) is 92.2 cm³/mol. The van der Waals surface area contributed by atoms with Crippen LogP contribution in [0.5, 0.6) is 0 Å². The van der Waals surface area contributed by atoms with Crippen molar-refractivity contribution in [1.29, 1.82) is 0 Å². The van der Waals surface area contributed by atoms with Gasteiger partial charge in [0.15, 0.2) is 0 Å². The van der Waals surface area contributed by atoms with Crippen molar-refractivity contribution in [2.24, 2.45) is 5.92 Å². The molecule has 8 heteroatoms. The van der Waals surface area contributed by atoms with Crippen LogP contribution in [0.1, 0.15) is 21.7 Å². The van der Waals surface area contributed by atoms with Crippen LogP contribution in [-0.2, 0) is 4.79 Å². The molecule has 2 amide bonds. The van der Waals surface area contributed by atoms with E-state index in [-0.39, 0.29) is 17.7 Å². The van der Waals surface area contributed by atoms with E-state index in [9.17, 15) is 9.59 Å². The smallest absolute Gasteiger partial charge is 0.258 e. The fraction of sp³-hybridized carbons (Fsp3) is 0.529. The van der Waals surface area contributed by atoms with E-state index in [4.69, 9.17) is 4.52 Å². The van der Waals surface area contributed by atoms with Crippen molar-refractivity contribution >= 4 is 22.9 Å². The third-order valence-electron chi connectivity index (χ3n) is 4.60. The summed E-state index contributed by atoms with van der Waals surface area (Å²) < 4.78 is 5.22. The van der Waals surface area contributed by atoms with Crippen molar-refractivity contribution in [3.63, 3.8) is 0 Å². The summed E-state index contributed by atoms with van der Waals surface area (Å²) in [5, 5.41) is 7.26. The number of amides is 2. The maximum absolute atomic E-state index is 13.2. The largest absolute Gasteiger partial charge is 0.359 e. The Hall–Kier alpha value is -2.48. The molecule has 1 unspecified atom stereocenters. The Bertz CT molecular complexity index is 816. The molecule has 25 heavy (non-hydrogen) atoms. The first-order valence-corrected chi connectivity index (χ1v) is 8.33. The number of fused-ring (bicyclic) bond motifs is 1. The molecule has 1 aliphatic heterocycles. The normalized spacial score (nSPS) is 19.0. The molecule has 2 aromatic heterocycles. The summed E-state index contributed by atoms with van der Waals surface area (Å²) in [6.07, 6.45) is 0. The Morgan fingerprint density at radius 2 is 2.04 bits per heavy atom. The summed E-state index contributed by atoms with van der Waals surface area (Å²) in [5.41, 5.74) is 2.24. The molecular formula is C17H23N5O3. The summed E-state index contributed by atoms with van der Waals surface area (Å²) in [6.45, 7) is 5.91. The lowest BCUT2D eigenvalue weighted by Crippen LogP contribution is -2.41. The predicted octanol–water partition coefficient (Wildman–Crippen LogP) is 0.589. The molecule has 0 saturated carbocycles. The summed E-state index contributed by atoms with van der Waals surface area (Å²) in [4.78, 5) is 33.5. The van der Waals surface area contributed by atoms with E-state index in [1.54, 1.807) is 24.9 Å². The first-order chi connectivity index (χ1) is 11.9. The highest BCUT2D eigenvalue weighted by Crippen LogP contribution is 2.24. The molecule has 0 radical (unpaired) electrons. The number of hydrogen-bond donors (Lipinski definition) is 1. The summed E-state index contributed by atoms with van der Waals surface area (Å²) >= 11 is 0. The molecule has 1 saturated heterocycles. The van der Waals surface area contributed by atoms with E-state index in [1.165, 1.54) is 0 Å². The fourth-order valence-electron chi connectivity index (χ4n) is 3.29. The zero-order chi connectivity index (χ0) is 18.1. The van der Waals surface area contributed by atoms with Gasteiger partial charge in [0, 0.05) is 38.9 Å². The topological polar surface area (TPSA) is 91.6 Å². The minimum atomic E-state index is -0.261. The first kappa shape index (κ1) is 17.3. The van der Waals surface area contributed by atoms with Crippen molar-refractivity contribution in [3.8, 4) is 0 Å². The molecule has 0 aromatic carbocycles. The minimum absolute atomic E-state index is 0.0521. The number of aromatic nitrogens is 2. The van der Waals surface area contributed by atoms with Crippen LogP contribution in [0.4, 0.5) is 0 Å². The molecule has 1 atom stereocenters. The zero-order valence-electron chi connectivity index (χ0n) is 15.0. The number of carbonyl (C=O) groups excluding carboxylic acids is 2. The highest BCUT2D eigenvalue weighted by molar-refractivity contribution is 6.06. The SMILES string of the molecule is CNC(=O)C1CN(C)CCN(C(=O)c2cc(C)nc3onc(C)c23)C1. The van der Waals surface area contributed by atoms with Crippen molar-refractivity contribution < 1.29 is 14.1 Å². The standard InChI is InChI=1S/C17H23N5O3/c1-10-7-13(14-11(2)20-25-16(14)19-10)17(24)22-6-5-21(4)8-12(9-22)15(23)18-3/h7,12H,5-6,8-9H2,1-4H3,(H,18,23). The van der Waals surface area contributed by atoms with Gasteiger partial charge in [-0.3, -0.25) is 9.59 Å². The lowest BCUT2D eigenvalue weighted by atomic mass is 10.1. The zero-order valence-corrected chi connectivity index (χ0v) is 15.0. The molecule has 2 aromatic rings. The molecule has 3 heterocycles. The minimum Gasteiger partial charge on any atom is -0.359 e. The van der Waals surface area contributed by atoms with Gasteiger partial charge in [-0.15, -0.1) is 0 Å². The van der Waals surface area contributed by atoms with E-state index >= 15 is 0 Å². The van der Waals surface area contributed by atoms with Crippen molar-refractivity contribution in [1.82, 2.24) is 25.3 Å². The second kappa shape index (κ2) is 6.79. The van der Waals surface area contributed by atoms with E-state index in [1.807, 2.05) is 14.0 Å². The molecule has 134 valence electrons. The van der Waals surface area contributed by atoms with E-state index in [0.29, 0.717) is 47.7 Å². The Balaban J connectivity index is 1.97. The Morgan fingerprint density at radius 1 is 1.28 bits per heavy atom. The summed E-state index contributed by atoms with van der Waals surface area (Å²) in [5.74, 6) is -0.432. The number of rotatable bonds is 2. The van der Waals surface area contributed by atoms with Gasteiger partial charge in [0.1, 0.15) is 0 Å². The Kier molecular flexibility index (Phi) is 4.71. The molecule has 8 nitrogen and oxygen atoms in total. The molecule has 1 aliphatic rings. The fourth-order valence-corrected chi connectivity index (χ4v) is 3.29. The van der Waals surface area contributed by atoms with Gasteiger partial charge in [0.25, 0.3) is 11.6 Å². The van der Waals surface area contributed by atoms with Crippen molar-refractivity contribution in [2.75, 3.05) is 40.3 Å². The van der Waals surface area contributed by atoms with Gasteiger partial charge in [-0.1, -0.05) is 5.16 Å². The quantitative estimate of drug-likeness (QED) is 0.856. The number of likely N-dealkylation sites (N-methyl/N-ethyl adjacent to an activating group) is 1. The molecular weight excluding hydrogens is 322 g/mol. The third-order valence-corrected chi connectivity index (χ3v) is 4.60. The summed E-state index contributed by atoms with van der Waals surface area (Å²) in [6, 6.07) is 1.76. The van der Waals surface area contributed by atoms with Crippen LogP contribution in [0.2, 0.25) is 0 Å². The van der Waals surface area contributed by atoms with E-state index in [0.717, 1.165) is 6.54 Å². The van der Waals surface area contributed by atoms with Crippen LogP contribution in [0.15, 0.2) is 10.6 Å². The lowest BCUT2D eigenvalue weighted by molar-refractivity contribution is -0.125. The van der Waals surface area contributed by atoms with Crippen molar-refractivity contribution in [2.45, 2.75) is 13.8 Å². The van der Waals surface area contributed by atoms with Gasteiger partial charge in [0.05, 0.1) is 22.6 Å². The highest BCUT2D eigenvalue weighted by atomic mass is 16.5. The van der Waals surface area contributed by atoms with Gasteiger partial charge in [-0.2, -0.15) is 0 Å². The van der Waals surface area contributed by atoms with E-state index < -0.39 is 0 Å². The van der Waals surface area contributed by atoms with Crippen molar-refractivity contribution in [3.05, 3.63) is 23.0 Å². The number of pyridine rings is 1. The number of nitrogens with zero attached hydrogens (tertiary/aromatic N) is 4. The number of nitrogens with one attached hydrogen (secondary N) is 1. The van der Waals surface area contributed by atoms with Gasteiger partial charge in [0.2, 0.25) is 5.91 Å². The van der Waals surface area contributed by atoms with Crippen LogP contribution < -0.4 is 5.32 Å². The molecule has 0 bridgehead atoms. The Morgan fingerprint density at radius 3 is 2.76 bits per heavy atom. The molecule has 0 aliphatic carbocycles. The van der Waals surface area contributed by atoms with Gasteiger partial charge in [-0.25, -0.2) is 4.98 Å². The van der Waals surface area contributed by atoms with Crippen LogP contribution in [0.25, 0.3) is 11.1 Å². The maximum Gasteiger partial charge on any atom is 0.258 e. The average molecular weight is 345 g/mol. The van der Waals surface area contributed by atoms with Gasteiger partial charge >= 0.3 is 0 Å². The monoisotopic (exact) mass is 345 g/mol. The molecule has 0 spiro atoms. The second-order valence-corrected chi connectivity index (χ2v) is 6.58. The van der Waals surface area contributed by atoms with Crippen LogP contribution >= 0.6 is 0 Å². The van der Waals surface area contributed by atoms with Gasteiger partial charge in [-0.05, 0) is 27.0 Å². The molecule has 1 N–H and O–H groups in total. The molecule has 3 rings (SSSR count). The third kappa shape index (κ3) is 3.34. The number of aryl methyl sites for hydroxylation is 2. The van der Waals surface area contributed by atoms with Crippen LogP contribution in [0.3, 0.4) is 0 Å². The highest BCUT2D eigenvalue weighted by Gasteiger charge is 2.30. The van der Waals surface area contributed by atoms with E-state index in [2.05, 4.69) is 20.4 Å². The lowest BCUT2D eigenvalue weighted by Gasteiger charge is -2.23.